The Hall–Kier alpha value is -8.10. The van der Waals surface area contributed by atoms with Gasteiger partial charge in [0.25, 0.3) is 17.9 Å². The highest BCUT2D eigenvalue weighted by atomic mass is 35.5. The van der Waals surface area contributed by atoms with Crippen molar-refractivity contribution in [2.24, 2.45) is 0 Å². The molecular weight excluding hydrogens is 1110 g/mol. The normalized spacial score (nSPS) is 20.3. The molecule has 2 N–H and O–H groups in total. The van der Waals surface area contributed by atoms with Crippen LogP contribution in [0, 0.1) is 11.3 Å². The average molecular weight is 1190 g/mol. The minimum atomic E-state index is -2.29. The molecule has 11 rings (SSSR count). The maximum absolute atomic E-state index is 14.8. The first-order valence-electron chi connectivity index (χ1n) is 29.4. The minimum Gasteiger partial charge on any atom is -0.495 e. The number of benzene rings is 3. The monoisotopic (exact) mass is 1180 g/mol. The van der Waals surface area contributed by atoms with Crippen molar-refractivity contribution < 1.29 is 42.2 Å². The fraction of sp³-hybridized carbons (Fsp3) is 0.492. The van der Waals surface area contributed by atoms with Gasteiger partial charge in [0.05, 0.1) is 54.8 Å². The Labute approximate surface area is 497 Å². The van der Waals surface area contributed by atoms with Crippen molar-refractivity contribution in [3.05, 3.63) is 94.3 Å². The second-order valence-corrected chi connectivity index (χ2v) is 23.1. The number of rotatable bonds is 16. The third-order valence-corrected chi connectivity index (χ3v) is 18.0. The molecule has 0 bridgehead atoms. The number of amides is 4. The van der Waals surface area contributed by atoms with Crippen molar-refractivity contribution in [1.82, 2.24) is 40.0 Å². The first-order chi connectivity index (χ1) is 41.2. The van der Waals surface area contributed by atoms with Crippen molar-refractivity contribution in [3.8, 4) is 17.8 Å². The summed E-state index contributed by atoms with van der Waals surface area (Å²) in [6.07, 6.45) is 6.46. The number of piperazine rings is 1. The molecule has 448 valence electrons. The smallest absolute Gasteiger partial charge is 0.410 e. The van der Waals surface area contributed by atoms with E-state index in [1.165, 1.54) is 16.9 Å². The number of nitrogens with one attached hydrogen (secondary N) is 2. The number of halogens is 3. The van der Waals surface area contributed by atoms with Gasteiger partial charge in [0.15, 0.2) is 5.82 Å². The number of fused-ring (bicyclic) bond motifs is 3. The van der Waals surface area contributed by atoms with Crippen LogP contribution in [0.5, 0.6) is 11.8 Å². The van der Waals surface area contributed by atoms with Gasteiger partial charge in [-0.3, -0.25) is 14.4 Å². The molecule has 5 aromatic rings. The summed E-state index contributed by atoms with van der Waals surface area (Å²) < 4.78 is 47.1. The summed E-state index contributed by atoms with van der Waals surface area (Å²) in [7, 11) is 5.32. The zero-order valence-electron chi connectivity index (χ0n) is 48.4. The number of nitriles is 1. The van der Waals surface area contributed by atoms with E-state index in [4.69, 9.17) is 40.8 Å². The van der Waals surface area contributed by atoms with E-state index in [1.807, 2.05) is 42.2 Å². The topological polar surface area (TPSA) is 218 Å². The van der Waals surface area contributed by atoms with Gasteiger partial charge in [0.1, 0.15) is 42.1 Å². The highest BCUT2D eigenvalue weighted by Crippen LogP contribution is 2.42. The van der Waals surface area contributed by atoms with Crippen LogP contribution in [0.15, 0.2) is 72.4 Å². The fourth-order valence-electron chi connectivity index (χ4n) is 13.0. The van der Waals surface area contributed by atoms with Gasteiger partial charge >= 0.3 is 12.1 Å². The zero-order valence-corrected chi connectivity index (χ0v) is 49.1. The number of methoxy groups -OCH3 is 1. The Morgan fingerprint density at radius 2 is 1.66 bits per heavy atom. The first-order valence-corrected chi connectivity index (χ1v) is 29.8. The Kier molecular flexibility index (Phi) is 17.7. The molecule has 7 heterocycles. The number of likely N-dealkylation sites (N-methyl/N-ethyl adjacent to an activating group) is 2. The van der Waals surface area contributed by atoms with Crippen molar-refractivity contribution in [2.75, 3.05) is 105 Å². The number of piperidine rings is 1. The Morgan fingerprint density at radius 3 is 2.39 bits per heavy atom. The van der Waals surface area contributed by atoms with Crippen LogP contribution in [0.1, 0.15) is 92.7 Å². The number of aromatic nitrogens is 4. The van der Waals surface area contributed by atoms with Crippen molar-refractivity contribution >= 4 is 80.8 Å². The summed E-state index contributed by atoms with van der Waals surface area (Å²) in [5.41, 5.74) is 3.18. The molecule has 3 aromatic carbocycles. The Morgan fingerprint density at radius 1 is 0.871 bits per heavy atom. The maximum Gasteiger partial charge on any atom is 0.410 e. The van der Waals surface area contributed by atoms with Crippen LogP contribution in [-0.4, -0.2) is 169 Å². The highest BCUT2D eigenvalue weighted by Gasteiger charge is 2.42. The zero-order chi connectivity index (χ0) is 59.5. The molecule has 3 atom stereocenters. The standard InChI is InChI=1S/C61H71ClF2N14O7/c1-5-48-58(81)73(3)50-32-66-59(70-55(50)78(48)40-13-6-7-14-40)68-46-19-18-38(31-51(46)83-4)56(79)67-39-21-26-74(27-22-39)61(82)85-36-44(53(63)64)57(80)77-30-29-76(33-41(77)20-24-65)54-43-23-28-75(49-17-9-12-37-11-8-16-45(62)52(37)49)34-47(43)69-60(71-54)84-35-42-15-10-25-72(42)2/h8-9,11-12,16-19,31-32,39-42,48H,5-7,10,13-15,20-23,25-30,33-36H2,1-4H3,(H,67,79)(H,66,68,70)/t41-,42-,48+/m0/s1. The van der Waals surface area contributed by atoms with Gasteiger partial charge in [0, 0.05) is 86.6 Å². The van der Waals surface area contributed by atoms with Crippen molar-refractivity contribution in [2.45, 2.75) is 114 Å². The van der Waals surface area contributed by atoms with Gasteiger partial charge in [-0.2, -0.15) is 29.0 Å². The van der Waals surface area contributed by atoms with Gasteiger partial charge in [0.2, 0.25) is 11.9 Å². The maximum atomic E-state index is 14.8. The van der Waals surface area contributed by atoms with Crippen LogP contribution in [0.2, 0.25) is 5.02 Å². The lowest BCUT2D eigenvalue weighted by molar-refractivity contribution is -0.130. The molecular formula is C61H71ClF2N14O7. The number of anilines is 6. The summed E-state index contributed by atoms with van der Waals surface area (Å²) in [6.45, 7) is 4.08. The molecule has 0 radical (unpaired) electrons. The predicted octanol–water partition coefficient (Wildman–Crippen LogP) is 8.48. The van der Waals surface area contributed by atoms with Crippen LogP contribution in [-0.2, 0) is 27.3 Å². The lowest BCUT2D eigenvalue weighted by Gasteiger charge is -2.43. The SMILES string of the molecule is CC[C@@H]1C(=O)N(C)c2cnc(Nc3ccc(C(=O)NC4CCN(C(=O)OCC(C(=O)N5CCN(c6nc(OC[C@@H]7CCCN7C)nc7c6CCN(c6cccc8cccc(Cl)c68)C7)C[C@@H]5CC#N)=C(F)F)CC4)cc3OC)nc2N1C1CCCC1. The molecule has 24 heteroatoms. The van der Waals surface area contributed by atoms with Crippen LogP contribution in [0.4, 0.5) is 48.2 Å². The van der Waals surface area contributed by atoms with E-state index >= 15 is 0 Å². The molecule has 2 aromatic heterocycles. The highest BCUT2D eigenvalue weighted by molar-refractivity contribution is 6.36. The van der Waals surface area contributed by atoms with E-state index < -0.39 is 36.3 Å². The van der Waals surface area contributed by atoms with Crippen molar-refractivity contribution in [3.63, 3.8) is 0 Å². The van der Waals surface area contributed by atoms with E-state index in [1.54, 1.807) is 36.3 Å². The lowest BCUT2D eigenvalue weighted by Crippen LogP contribution is -2.56. The number of ether oxygens (including phenoxy) is 3. The Balaban J connectivity index is 0.701. The van der Waals surface area contributed by atoms with Crippen LogP contribution >= 0.6 is 11.6 Å². The van der Waals surface area contributed by atoms with E-state index in [0.29, 0.717) is 90.7 Å². The van der Waals surface area contributed by atoms with E-state index in [0.717, 1.165) is 72.8 Å². The van der Waals surface area contributed by atoms with Gasteiger partial charge in [-0.1, -0.05) is 55.6 Å². The van der Waals surface area contributed by atoms with Gasteiger partial charge in [-0.25, -0.2) is 9.78 Å². The fourth-order valence-corrected chi connectivity index (χ4v) is 13.3. The summed E-state index contributed by atoms with van der Waals surface area (Å²) >= 11 is 6.78. The molecule has 21 nitrogen and oxygen atoms in total. The minimum absolute atomic E-state index is 0.0165. The average Bonchev–Trinajstić information content (AvgIpc) is 4.16. The number of hydrogen-bond acceptors (Lipinski definition) is 17. The van der Waals surface area contributed by atoms with E-state index in [2.05, 4.69) is 49.5 Å². The van der Waals surface area contributed by atoms with Crippen LogP contribution in [0.25, 0.3) is 10.8 Å². The van der Waals surface area contributed by atoms with Gasteiger partial charge in [-0.15, -0.1) is 0 Å². The van der Waals surface area contributed by atoms with E-state index in [9.17, 15) is 33.2 Å². The lowest BCUT2D eigenvalue weighted by atomic mass is 10.0. The molecule has 4 fully saturated rings. The molecule has 85 heavy (non-hydrogen) atoms. The number of hydrogen-bond donors (Lipinski definition) is 2. The van der Waals surface area contributed by atoms with Crippen molar-refractivity contribution in [1.29, 1.82) is 5.26 Å². The molecule has 3 saturated heterocycles. The van der Waals surface area contributed by atoms with Gasteiger partial charge in [-0.05, 0) is 101 Å². The first kappa shape index (κ1) is 58.7. The molecule has 6 aliphatic rings. The van der Waals surface area contributed by atoms with Crippen LogP contribution < -0.4 is 39.7 Å². The quantitative estimate of drug-likeness (QED) is 0.0885. The summed E-state index contributed by atoms with van der Waals surface area (Å²) in [5, 5.41) is 18.9. The number of carbonyl (C=O) groups excluding carboxylic acids is 4. The number of carbonyl (C=O) groups is 4. The number of nitrogens with zero attached hydrogens (tertiary/aromatic N) is 12. The second-order valence-electron chi connectivity index (χ2n) is 22.7. The van der Waals surface area contributed by atoms with Gasteiger partial charge < -0.3 is 59.1 Å². The van der Waals surface area contributed by atoms with E-state index in [-0.39, 0.29) is 81.1 Å². The summed E-state index contributed by atoms with van der Waals surface area (Å²) in [5.74, 6) is 0.628. The molecule has 4 amide bonds. The largest absolute Gasteiger partial charge is 0.495 e. The predicted molar refractivity (Wildman–Crippen MR) is 318 cm³/mol. The molecule has 5 aliphatic heterocycles. The molecule has 1 saturated carbocycles. The molecule has 0 unspecified atom stereocenters. The molecule has 1 aliphatic carbocycles. The molecule has 0 spiro atoms. The Bertz CT molecular complexity index is 3420. The number of likely N-dealkylation sites (tertiary alicyclic amines) is 2. The summed E-state index contributed by atoms with van der Waals surface area (Å²) in [4.78, 5) is 86.9. The second kappa shape index (κ2) is 25.6. The third-order valence-electron chi connectivity index (χ3n) is 17.7. The summed E-state index contributed by atoms with van der Waals surface area (Å²) in [6, 6.07) is 18.2. The van der Waals surface area contributed by atoms with Crippen LogP contribution in [0.3, 0.4) is 0 Å². The third kappa shape index (κ3) is 12.3.